The molecule has 1 amide bonds. The van der Waals surface area contributed by atoms with Crippen LogP contribution in [-0.4, -0.2) is 20.6 Å². The van der Waals surface area contributed by atoms with Crippen LogP contribution in [0, 0.1) is 0 Å². The van der Waals surface area contributed by atoms with Crippen molar-refractivity contribution in [2.45, 2.75) is 31.1 Å². The van der Waals surface area contributed by atoms with Gasteiger partial charge >= 0.3 is 0 Å². The first kappa shape index (κ1) is 17.2. The minimum absolute atomic E-state index is 0.0266. The van der Waals surface area contributed by atoms with Gasteiger partial charge in [0.05, 0.1) is 4.90 Å². The Morgan fingerprint density at radius 3 is 2.13 bits per heavy atom. The van der Waals surface area contributed by atoms with Crippen LogP contribution in [0.4, 0.5) is 5.69 Å². The summed E-state index contributed by atoms with van der Waals surface area (Å²) in [6.07, 6.45) is 1.14. The van der Waals surface area contributed by atoms with Crippen molar-refractivity contribution in [2.75, 3.05) is 11.6 Å². The molecule has 0 saturated carbocycles. The number of amides is 1. The maximum Gasteiger partial charge on any atom is 0.255 e. The zero-order valence-corrected chi connectivity index (χ0v) is 14.6. The first-order valence-electron chi connectivity index (χ1n) is 7.29. The van der Waals surface area contributed by atoms with E-state index >= 15 is 0 Å². The topological polar surface area (TPSA) is 63.2 Å². The molecule has 4 nitrogen and oxygen atoms in total. The van der Waals surface area contributed by atoms with Crippen molar-refractivity contribution < 1.29 is 13.2 Å². The summed E-state index contributed by atoms with van der Waals surface area (Å²) in [6.45, 7) is 6.33. The molecule has 0 saturated heterocycles. The molecule has 0 atom stereocenters. The van der Waals surface area contributed by atoms with Gasteiger partial charge in [0.2, 0.25) is 0 Å². The van der Waals surface area contributed by atoms with Crippen LogP contribution >= 0.6 is 0 Å². The van der Waals surface area contributed by atoms with Gasteiger partial charge in [-0.05, 0) is 41.3 Å². The van der Waals surface area contributed by atoms with Gasteiger partial charge in [-0.1, -0.05) is 39.0 Å². The molecule has 0 aromatic heterocycles. The van der Waals surface area contributed by atoms with Crippen LogP contribution in [0.5, 0.6) is 0 Å². The highest BCUT2D eigenvalue weighted by atomic mass is 32.2. The Kier molecular flexibility index (Phi) is 4.61. The van der Waals surface area contributed by atoms with E-state index in [1.807, 2.05) is 12.1 Å². The van der Waals surface area contributed by atoms with Gasteiger partial charge in [-0.15, -0.1) is 0 Å². The smallest absolute Gasteiger partial charge is 0.255 e. The van der Waals surface area contributed by atoms with Crippen molar-refractivity contribution in [1.82, 2.24) is 0 Å². The quantitative estimate of drug-likeness (QED) is 0.934. The SMILES string of the molecule is CC(C)(C)c1ccc(C(=O)Nc2cccc(S(C)(=O)=O)c2)cc1. The Balaban J connectivity index is 2.20. The predicted octanol–water partition coefficient (Wildman–Crippen LogP) is 3.64. The van der Waals surface area contributed by atoms with Crippen LogP contribution in [0.1, 0.15) is 36.7 Å². The lowest BCUT2D eigenvalue weighted by molar-refractivity contribution is 0.102. The number of carbonyl (C=O) groups excluding carboxylic acids is 1. The highest BCUT2D eigenvalue weighted by Gasteiger charge is 2.15. The van der Waals surface area contributed by atoms with Gasteiger partial charge in [0, 0.05) is 17.5 Å². The van der Waals surface area contributed by atoms with Crippen molar-refractivity contribution in [2.24, 2.45) is 0 Å². The average molecular weight is 331 g/mol. The number of rotatable bonds is 3. The van der Waals surface area contributed by atoms with Crippen LogP contribution in [0.15, 0.2) is 53.4 Å². The van der Waals surface area contributed by atoms with Gasteiger partial charge in [0.15, 0.2) is 9.84 Å². The average Bonchev–Trinajstić information content (AvgIpc) is 2.46. The third-order valence-electron chi connectivity index (χ3n) is 3.53. The second kappa shape index (κ2) is 6.16. The monoisotopic (exact) mass is 331 g/mol. The van der Waals surface area contributed by atoms with Gasteiger partial charge in [0.1, 0.15) is 0 Å². The minimum Gasteiger partial charge on any atom is -0.322 e. The molecule has 2 rings (SSSR count). The van der Waals surface area contributed by atoms with Crippen molar-refractivity contribution in [3.8, 4) is 0 Å². The summed E-state index contributed by atoms with van der Waals surface area (Å²) in [7, 11) is -3.30. The number of anilines is 1. The van der Waals surface area contributed by atoms with E-state index < -0.39 is 9.84 Å². The third kappa shape index (κ3) is 4.42. The van der Waals surface area contributed by atoms with Gasteiger partial charge in [-0.25, -0.2) is 8.42 Å². The molecule has 1 N–H and O–H groups in total. The van der Waals surface area contributed by atoms with E-state index in [0.717, 1.165) is 11.8 Å². The Hall–Kier alpha value is -2.14. The van der Waals surface area contributed by atoms with E-state index in [9.17, 15) is 13.2 Å². The summed E-state index contributed by atoms with van der Waals surface area (Å²) in [6, 6.07) is 13.6. The number of benzene rings is 2. The van der Waals surface area contributed by atoms with Crippen LogP contribution < -0.4 is 5.32 Å². The molecular weight excluding hydrogens is 310 g/mol. The molecule has 2 aromatic carbocycles. The number of sulfone groups is 1. The first-order chi connectivity index (χ1) is 10.6. The number of hydrogen-bond acceptors (Lipinski definition) is 3. The molecule has 0 aliphatic rings. The Labute approximate surface area is 137 Å². The zero-order chi connectivity index (χ0) is 17.3. The molecule has 0 fully saturated rings. The van der Waals surface area contributed by atoms with Crippen molar-refractivity contribution >= 4 is 21.4 Å². The Morgan fingerprint density at radius 2 is 1.61 bits per heavy atom. The second-order valence-electron chi connectivity index (χ2n) is 6.58. The lowest BCUT2D eigenvalue weighted by Gasteiger charge is -2.19. The summed E-state index contributed by atoms with van der Waals surface area (Å²) in [4.78, 5) is 12.5. The Morgan fingerprint density at radius 1 is 1.00 bits per heavy atom. The molecule has 0 heterocycles. The molecule has 0 aliphatic heterocycles. The van der Waals surface area contributed by atoms with Crippen LogP contribution in [0.3, 0.4) is 0 Å². The molecule has 0 spiro atoms. The largest absolute Gasteiger partial charge is 0.322 e. The predicted molar refractivity (Wildman–Crippen MR) is 92.6 cm³/mol. The first-order valence-corrected chi connectivity index (χ1v) is 9.18. The number of carbonyl (C=O) groups is 1. The molecule has 2 aromatic rings. The lowest BCUT2D eigenvalue weighted by Crippen LogP contribution is -2.14. The molecule has 0 radical (unpaired) electrons. The molecular formula is C18H21NO3S. The van der Waals surface area contributed by atoms with Gasteiger partial charge in [-0.3, -0.25) is 4.79 Å². The highest BCUT2D eigenvalue weighted by molar-refractivity contribution is 7.90. The molecule has 0 aliphatic carbocycles. The summed E-state index contributed by atoms with van der Waals surface area (Å²) < 4.78 is 23.1. The van der Waals surface area contributed by atoms with E-state index in [1.165, 1.54) is 12.1 Å². The fourth-order valence-corrected chi connectivity index (χ4v) is 2.80. The zero-order valence-electron chi connectivity index (χ0n) is 13.8. The number of hydrogen-bond donors (Lipinski definition) is 1. The van der Waals surface area contributed by atoms with Gasteiger partial charge < -0.3 is 5.32 Å². The van der Waals surface area contributed by atoms with Crippen LogP contribution in [0.2, 0.25) is 0 Å². The third-order valence-corrected chi connectivity index (χ3v) is 4.64. The van der Waals surface area contributed by atoms with E-state index in [1.54, 1.807) is 24.3 Å². The Bertz CT molecular complexity index is 816. The maximum atomic E-state index is 12.3. The minimum atomic E-state index is -3.30. The van der Waals surface area contributed by atoms with Gasteiger partial charge in [0.25, 0.3) is 5.91 Å². The normalized spacial score (nSPS) is 12.0. The maximum absolute atomic E-state index is 12.3. The highest BCUT2D eigenvalue weighted by Crippen LogP contribution is 2.22. The van der Waals surface area contributed by atoms with Crippen LogP contribution in [0.25, 0.3) is 0 Å². The van der Waals surface area contributed by atoms with Crippen molar-refractivity contribution in [3.05, 3.63) is 59.7 Å². The second-order valence-corrected chi connectivity index (χ2v) is 8.60. The fourth-order valence-electron chi connectivity index (χ4n) is 2.13. The standard InChI is InChI=1S/C18H21NO3S/c1-18(2,3)14-10-8-13(9-11-14)17(20)19-15-6-5-7-16(12-15)23(4,21)22/h5-12H,1-4H3,(H,19,20). The number of nitrogens with one attached hydrogen (secondary N) is 1. The van der Waals surface area contributed by atoms with Gasteiger partial charge in [-0.2, -0.15) is 0 Å². The van der Waals surface area contributed by atoms with E-state index in [2.05, 4.69) is 26.1 Å². The molecule has 5 heteroatoms. The van der Waals surface area contributed by atoms with E-state index in [0.29, 0.717) is 11.3 Å². The summed E-state index contributed by atoms with van der Waals surface area (Å²) in [5, 5.41) is 2.73. The van der Waals surface area contributed by atoms with Crippen molar-refractivity contribution in [3.63, 3.8) is 0 Å². The molecule has 23 heavy (non-hydrogen) atoms. The molecule has 122 valence electrons. The van der Waals surface area contributed by atoms with Crippen LogP contribution in [-0.2, 0) is 15.3 Å². The summed E-state index contributed by atoms with van der Waals surface area (Å²) in [5.41, 5.74) is 2.16. The molecule has 0 bridgehead atoms. The molecule has 0 unspecified atom stereocenters. The van der Waals surface area contributed by atoms with E-state index in [4.69, 9.17) is 0 Å². The van der Waals surface area contributed by atoms with Crippen molar-refractivity contribution in [1.29, 1.82) is 0 Å². The lowest BCUT2D eigenvalue weighted by atomic mass is 9.87. The summed E-state index contributed by atoms with van der Waals surface area (Å²) >= 11 is 0. The summed E-state index contributed by atoms with van der Waals surface area (Å²) in [5.74, 6) is -0.267. The fraction of sp³-hybridized carbons (Fsp3) is 0.278. The van der Waals surface area contributed by atoms with E-state index in [-0.39, 0.29) is 16.2 Å².